The Morgan fingerprint density at radius 1 is 0.465 bits per heavy atom. The van der Waals surface area contributed by atoms with Crippen LogP contribution in [0.4, 0.5) is 0 Å². The fourth-order valence-corrected chi connectivity index (χ4v) is 31.7. The fourth-order valence-electron chi connectivity index (χ4n) is 5.52. The van der Waals surface area contributed by atoms with Gasteiger partial charge in [0.25, 0.3) is 0 Å². The van der Waals surface area contributed by atoms with Crippen molar-refractivity contribution >= 4 is 50.4 Å². The second-order valence-corrected chi connectivity index (χ2v) is 42.9. The van der Waals surface area contributed by atoms with Gasteiger partial charge in [-0.1, -0.05) is 13.8 Å². The van der Waals surface area contributed by atoms with Crippen molar-refractivity contribution in [1.29, 1.82) is 0 Å². The minimum Gasteiger partial charge on any atom is -0.437 e. The standard InChI is InChI=1S/C29H72O8Si6/c1-25(19-42(17,34-38(5,6)7)35-39(8,9)10)27(3)32-23-29(21-30,22-31)24-33-28(4)26(2)20-43(18,36-40(11,12)13)37-41(14,15)16/h25-28,30-31H,19-24H2,1-18H3. The van der Waals surface area contributed by atoms with Crippen LogP contribution in [0.3, 0.4) is 0 Å². The zero-order chi connectivity index (χ0) is 34.3. The Hall–Kier alpha value is 0.981. The van der Waals surface area contributed by atoms with Crippen molar-refractivity contribution in [2.75, 3.05) is 26.4 Å². The van der Waals surface area contributed by atoms with E-state index in [1.165, 1.54) is 0 Å². The van der Waals surface area contributed by atoms with Gasteiger partial charge in [0.05, 0.1) is 44.1 Å². The average molecular weight is 717 g/mol. The summed E-state index contributed by atoms with van der Waals surface area (Å²) in [6.07, 6.45) is -0.194. The van der Waals surface area contributed by atoms with Gasteiger partial charge in [-0.05, 0) is 129 Å². The van der Waals surface area contributed by atoms with Crippen molar-refractivity contribution in [3.8, 4) is 0 Å². The van der Waals surface area contributed by atoms with Crippen LogP contribution >= 0.6 is 0 Å². The summed E-state index contributed by atoms with van der Waals surface area (Å²) in [6, 6.07) is 1.67. The summed E-state index contributed by atoms with van der Waals surface area (Å²) in [6.45, 7) is 39.5. The van der Waals surface area contributed by atoms with Crippen molar-refractivity contribution in [3.05, 3.63) is 0 Å². The third-order valence-corrected chi connectivity index (χ3v) is 26.5. The second-order valence-electron chi connectivity index (χ2n) is 17.3. The summed E-state index contributed by atoms with van der Waals surface area (Å²) >= 11 is 0. The fraction of sp³-hybridized carbons (Fsp3) is 1.00. The number of hydrogen-bond acceptors (Lipinski definition) is 8. The maximum atomic E-state index is 10.4. The van der Waals surface area contributed by atoms with Crippen LogP contribution in [-0.2, 0) is 25.9 Å². The molecule has 0 rings (SSSR count). The first-order chi connectivity index (χ1) is 19.0. The van der Waals surface area contributed by atoms with Crippen molar-refractivity contribution in [1.82, 2.24) is 0 Å². The highest BCUT2D eigenvalue weighted by atomic mass is 28.5. The zero-order valence-corrected chi connectivity index (χ0v) is 37.4. The molecule has 14 heteroatoms. The summed E-state index contributed by atoms with van der Waals surface area (Å²) in [5, 5.41) is 20.8. The van der Waals surface area contributed by atoms with Crippen molar-refractivity contribution in [3.63, 3.8) is 0 Å². The molecule has 0 spiro atoms. The Morgan fingerprint density at radius 3 is 0.884 bits per heavy atom. The van der Waals surface area contributed by atoms with E-state index < -0.39 is 55.8 Å². The molecule has 0 aliphatic heterocycles. The Kier molecular flexibility index (Phi) is 17.3. The largest absolute Gasteiger partial charge is 0.437 e. The normalized spacial score (nSPS) is 17.6. The number of aliphatic hydroxyl groups is 2. The van der Waals surface area contributed by atoms with Crippen LogP contribution in [0.1, 0.15) is 27.7 Å². The highest BCUT2D eigenvalue weighted by Gasteiger charge is 2.44. The molecule has 8 nitrogen and oxygen atoms in total. The molecule has 0 aliphatic carbocycles. The molecule has 0 aromatic rings. The van der Waals surface area contributed by atoms with E-state index in [9.17, 15) is 10.2 Å². The molecule has 0 aromatic heterocycles. The minimum atomic E-state index is -2.42. The van der Waals surface area contributed by atoms with E-state index in [1.54, 1.807) is 0 Å². The van der Waals surface area contributed by atoms with Crippen LogP contribution in [0.25, 0.3) is 0 Å². The van der Waals surface area contributed by atoms with Crippen LogP contribution in [0.15, 0.2) is 0 Å². The van der Waals surface area contributed by atoms with Crippen molar-refractivity contribution in [2.45, 2.75) is 144 Å². The molecule has 260 valence electrons. The number of hydrogen-bond donors (Lipinski definition) is 2. The van der Waals surface area contributed by atoms with E-state index in [2.05, 4.69) is 119 Å². The number of aliphatic hydroxyl groups excluding tert-OH is 2. The van der Waals surface area contributed by atoms with Crippen molar-refractivity contribution < 1.29 is 36.1 Å². The van der Waals surface area contributed by atoms with E-state index in [4.69, 9.17) is 25.9 Å². The quantitative estimate of drug-likeness (QED) is 0.111. The molecule has 0 bridgehead atoms. The Labute approximate surface area is 272 Å². The van der Waals surface area contributed by atoms with Gasteiger partial charge < -0.3 is 36.1 Å². The van der Waals surface area contributed by atoms with Gasteiger partial charge in [0.1, 0.15) is 0 Å². The third-order valence-electron chi connectivity index (χ3n) is 7.05. The summed E-state index contributed by atoms with van der Waals surface area (Å²) in [4.78, 5) is 0. The van der Waals surface area contributed by atoms with Gasteiger partial charge in [-0.25, -0.2) is 0 Å². The van der Waals surface area contributed by atoms with Crippen LogP contribution in [0.2, 0.25) is 104 Å². The molecule has 0 saturated carbocycles. The van der Waals surface area contributed by atoms with E-state index >= 15 is 0 Å². The first-order valence-corrected chi connectivity index (χ1v) is 34.9. The molecule has 0 heterocycles. The molecule has 0 aliphatic rings. The molecule has 0 fully saturated rings. The Morgan fingerprint density at radius 2 is 0.698 bits per heavy atom. The SMILES string of the molecule is CC(C[Si](C)(O[Si](C)(C)C)O[Si](C)(C)C)C(C)OCC(CO)(CO)COC(C)C(C)C[Si](C)(O[Si](C)(C)C)O[Si](C)(C)C. The summed E-state index contributed by atoms with van der Waals surface area (Å²) in [5.41, 5.74) is -0.892. The second kappa shape index (κ2) is 16.9. The van der Waals surface area contributed by atoms with Gasteiger partial charge in [-0.15, -0.1) is 0 Å². The maximum Gasteiger partial charge on any atom is 0.314 e. The van der Waals surface area contributed by atoms with Gasteiger partial charge >= 0.3 is 17.1 Å². The highest BCUT2D eigenvalue weighted by molar-refractivity contribution is 6.88. The van der Waals surface area contributed by atoms with E-state index in [-0.39, 0.29) is 50.5 Å². The van der Waals surface area contributed by atoms with E-state index in [0.717, 1.165) is 12.1 Å². The topological polar surface area (TPSA) is 95.8 Å². The monoisotopic (exact) mass is 716 g/mol. The minimum absolute atomic E-state index is 0.0970. The third kappa shape index (κ3) is 19.4. The molecule has 2 N–H and O–H groups in total. The lowest BCUT2D eigenvalue weighted by atomic mass is 9.92. The van der Waals surface area contributed by atoms with Crippen LogP contribution in [-0.4, -0.2) is 99.2 Å². The molecule has 43 heavy (non-hydrogen) atoms. The molecule has 0 aromatic carbocycles. The van der Waals surface area contributed by atoms with Gasteiger partial charge in [0.15, 0.2) is 33.3 Å². The zero-order valence-electron chi connectivity index (χ0n) is 31.4. The molecular weight excluding hydrogens is 645 g/mol. The van der Waals surface area contributed by atoms with Crippen LogP contribution < -0.4 is 0 Å². The summed E-state index contributed by atoms with van der Waals surface area (Å²) in [7, 11) is -12.0. The van der Waals surface area contributed by atoms with E-state index in [1.807, 2.05) is 0 Å². The molecule has 0 radical (unpaired) electrons. The van der Waals surface area contributed by atoms with Gasteiger partial charge in [-0.2, -0.15) is 0 Å². The van der Waals surface area contributed by atoms with Gasteiger partial charge in [0, 0.05) is 0 Å². The summed E-state index contributed by atoms with van der Waals surface area (Å²) in [5.74, 6) is 0.388. The predicted octanol–water partition coefficient (Wildman–Crippen LogP) is 7.59. The lowest BCUT2D eigenvalue weighted by Crippen LogP contribution is -2.54. The Balaban J connectivity index is 5.45. The molecule has 0 saturated heterocycles. The molecule has 0 amide bonds. The molecule has 4 unspecified atom stereocenters. The van der Waals surface area contributed by atoms with Gasteiger partial charge in [0.2, 0.25) is 0 Å². The smallest absolute Gasteiger partial charge is 0.314 e. The average Bonchev–Trinajstić information content (AvgIpc) is 2.73. The van der Waals surface area contributed by atoms with Gasteiger partial charge in [-0.3, -0.25) is 0 Å². The predicted molar refractivity (Wildman–Crippen MR) is 196 cm³/mol. The molecular formula is C29H72O8Si6. The summed E-state index contributed by atoms with van der Waals surface area (Å²) < 4.78 is 39.5. The first kappa shape index (κ1) is 44.0. The number of ether oxygens (including phenoxy) is 2. The first-order valence-electron chi connectivity index (χ1n) is 16.2. The van der Waals surface area contributed by atoms with Crippen LogP contribution in [0, 0.1) is 17.3 Å². The Bertz CT molecular complexity index is 709. The number of rotatable bonds is 22. The van der Waals surface area contributed by atoms with Crippen LogP contribution in [0.5, 0.6) is 0 Å². The lowest BCUT2D eigenvalue weighted by Gasteiger charge is -2.41. The molecule has 4 atom stereocenters. The lowest BCUT2D eigenvalue weighted by molar-refractivity contribution is -0.115. The van der Waals surface area contributed by atoms with Crippen molar-refractivity contribution in [2.24, 2.45) is 17.3 Å². The maximum absolute atomic E-state index is 10.4. The highest BCUT2D eigenvalue weighted by Crippen LogP contribution is 2.32. The van der Waals surface area contributed by atoms with E-state index in [0.29, 0.717) is 0 Å².